The van der Waals surface area contributed by atoms with E-state index in [9.17, 15) is 0 Å². The Kier molecular flexibility index (Phi) is 3.75. The quantitative estimate of drug-likeness (QED) is 0.652. The smallest absolute Gasteiger partial charge is 0.0148 e. The van der Waals surface area contributed by atoms with Gasteiger partial charge in [-0.3, -0.25) is 0 Å². The molecule has 0 unspecified atom stereocenters. The van der Waals surface area contributed by atoms with Gasteiger partial charge in [-0.1, -0.05) is 37.6 Å². The summed E-state index contributed by atoms with van der Waals surface area (Å²) in [6.45, 7) is 6.45. The fourth-order valence-corrected chi connectivity index (χ4v) is 1.17. The van der Waals surface area contributed by atoms with Crippen LogP contribution < -0.4 is 0 Å². The van der Waals surface area contributed by atoms with Crippen LogP contribution in [0.15, 0.2) is 24.3 Å². The number of allylic oxidation sites excluding steroid dienone is 1. The van der Waals surface area contributed by atoms with E-state index in [1.165, 1.54) is 23.1 Å². The molecule has 0 aliphatic carbocycles. The highest BCUT2D eigenvalue weighted by atomic mass is 14.0. The summed E-state index contributed by atoms with van der Waals surface area (Å²) in [6.07, 6.45) is 7.71. The Bertz CT molecular complexity index is 295. The number of aryl methyl sites for hydroxylation is 2. The minimum atomic E-state index is 1.12. The molecule has 0 bridgehead atoms. The number of unbranched alkanes of at least 4 members (excludes halogenated alkanes) is 1. The molecule has 0 N–H and O–H groups in total. The van der Waals surface area contributed by atoms with Gasteiger partial charge in [-0.05, 0) is 43.0 Å². The van der Waals surface area contributed by atoms with Gasteiger partial charge in [0, 0.05) is 0 Å². The summed E-state index contributed by atoms with van der Waals surface area (Å²) in [5.41, 5.74) is 3.88. The molecule has 0 heterocycles. The number of hydrogen-bond donors (Lipinski definition) is 0. The van der Waals surface area contributed by atoms with Crippen molar-refractivity contribution in [1.29, 1.82) is 0 Å². The summed E-state index contributed by atoms with van der Waals surface area (Å²) >= 11 is 0. The van der Waals surface area contributed by atoms with Crippen molar-refractivity contribution in [3.63, 3.8) is 0 Å². The van der Waals surface area contributed by atoms with Crippen molar-refractivity contribution in [2.45, 2.75) is 33.6 Å². The van der Waals surface area contributed by atoms with Crippen LogP contribution in [-0.4, -0.2) is 0 Å². The first-order chi connectivity index (χ1) is 6.24. The molecule has 0 aromatic heterocycles. The molecule has 0 atom stereocenters. The van der Waals surface area contributed by atoms with E-state index < -0.39 is 0 Å². The molecule has 0 spiro atoms. The van der Waals surface area contributed by atoms with Crippen LogP contribution in [0.2, 0.25) is 0 Å². The van der Waals surface area contributed by atoms with Gasteiger partial charge in [-0.2, -0.15) is 0 Å². The predicted octanol–water partition coefficient (Wildman–Crippen LogP) is 3.81. The maximum absolute atomic E-state index is 3.29. The second-order valence-electron chi connectivity index (χ2n) is 3.44. The fraction of sp³-hybridized carbons (Fsp3) is 0.385. The Morgan fingerprint density at radius 3 is 2.62 bits per heavy atom. The van der Waals surface area contributed by atoms with Gasteiger partial charge in [0.05, 0.1) is 0 Å². The highest BCUT2D eigenvalue weighted by molar-refractivity contribution is 5.33. The van der Waals surface area contributed by atoms with Gasteiger partial charge in [0.15, 0.2) is 0 Å². The lowest BCUT2D eigenvalue weighted by molar-refractivity contribution is 0.955. The molecule has 0 heteroatoms. The molecule has 1 aromatic rings. The van der Waals surface area contributed by atoms with E-state index >= 15 is 0 Å². The highest BCUT2D eigenvalue weighted by Gasteiger charge is 1.92. The first kappa shape index (κ1) is 10.0. The van der Waals surface area contributed by atoms with Crippen LogP contribution >= 0.6 is 0 Å². The third kappa shape index (κ3) is 3.06. The zero-order valence-electron chi connectivity index (χ0n) is 8.72. The molecule has 0 fully saturated rings. The molecule has 69 valence electrons. The van der Waals surface area contributed by atoms with E-state index in [0.717, 1.165) is 6.42 Å². The number of hydrogen-bond acceptors (Lipinski definition) is 0. The summed E-state index contributed by atoms with van der Waals surface area (Å²) < 4.78 is 0. The molecule has 0 saturated carbocycles. The standard InChI is InChI=1S/C13H17/c1-4-5-6-7-13-9-8-11(2)12(3)10-13/h6,8-10H,4-5H2,1-3H3. The van der Waals surface area contributed by atoms with Gasteiger partial charge in [-0.15, -0.1) is 0 Å². The zero-order chi connectivity index (χ0) is 9.68. The molecule has 0 amide bonds. The van der Waals surface area contributed by atoms with Crippen LogP contribution in [0, 0.1) is 19.9 Å². The Labute approximate surface area is 81.3 Å². The molecule has 0 nitrogen and oxygen atoms in total. The first-order valence-corrected chi connectivity index (χ1v) is 4.89. The van der Waals surface area contributed by atoms with E-state index in [0.29, 0.717) is 0 Å². The molecule has 1 radical (unpaired) electrons. The minimum absolute atomic E-state index is 1.12. The van der Waals surface area contributed by atoms with E-state index in [-0.39, 0.29) is 0 Å². The molecule has 13 heavy (non-hydrogen) atoms. The molecule has 1 aromatic carbocycles. The zero-order valence-corrected chi connectivity index (χ0v) is 8.72. The number of rotatable bonds is 3. The summed E-state index contributed by atoms with van der Waals surface area (Å²) in [7, 11) is 0. The van der Waals surface area contributed by atoms with Crippen molar-refractivity contribution >= 4 is 0 Å². The van der Waals surface area contributed by atoms with Crippen LogP contribution in [0.25, 0.3) is 0 Å². The Morgan fingerprint density at radius 1 is 1.23 bits per heavy atom. The fourth-order valence-electron chi connectivity index (χ4n) is 1.17. The molecular weight excluding hydrogens is 156 g/mol. The van der Waals surface area contributed by atoms with Gasteiger partial charge in [0.1, 0.15) is 0 Å². The maximum Gasteiger partial charge on any atom is -0.0148 e. The average Bonchev–Trinajstić information content (AvgIpc) is 2.12. The van der Waals surface area contributed by atoms with Crippen LogP contribution in [0.3, 0.4) is 0 Å². The second-order valence-corrected chi connectivity index (χ2v) is 3.44. The largest absolute Gasteiger partial charge is 0.0761 e. The maximum atomic E-state index is 3.29. The van der Waals surface area contributed by atoms with Crippen LogP contribution in [0.4, 0.5) is 0 Å². The molecule has 0 saturated heterocycles. The first-order valence-electron chi connectivity index (χ1n) is 4.89. The lowest BCUT2D eigenvalue weighted by Gasteiger charge is -1.99. The summed E-state index contributed by atoms with van der Waals surface area (Å²) in [5, 5.41) is 0. The average molecular weight is 173 g/mol. The van der Waals surface area contributed by atoms with Crippen molar-refractivity contribution in [2.75, 3.05) is 0 Å². The van der Waals surface area contributed by atoms with Crippen molar-refractivity contribution in [1.82, 2.24) is 0 Å². The van der Waals surface area contributed by atoms with Gasteiger partial charge in [0.2, 0.25) is 0 Å². The predicted molar refractivity (Wildman–Crippen MR) is 57.7 cm³/mol. The van der Waals surface area contributed by atoms with E-state index in [4.69, 9.17) is 0 Å². The van der Waals surface area contributed by atoms with Crippen molar-refractivity contribution in [2.24, 2.45) is 0 Å². The molecule has 1 rings (SSSR count). The lowest BCUT2D eigenvalue weighted by atomic mass is 10.1. The normalized spacial score (nSPS) is 11.0. The number of benzene rings is 1. The Hall–Kier alpha value is -1.04. The topological polar surface area (TPSA) is 0 Å². The Balaban J connectivity index is 2.73. The molecule has 0 aliphatic heterocycles. The van der Waals surface area contributed by atoms with Crippen molar-refractivity contribution < 1.29 is 0 Å². The third-order valence-electron chi connectivity index (χ3n) is 2.21. The van der Waals surface area contributed by atoms with E-state index in [1.807, 2.05) is 0 Å². The van der Waals surface area contributed by atoms with Gasteiger partial charge in [-0.25, -0.2) is 0 Å². The molecular formula is C13H17. The second kappa shape index (κ2) is 4.86. The highest BCUT2D eigenvalue weighted by Crippen LogP contribution is 2.09. The minimum Gasteiger partial charge on any atom is -0.0761 e. The lowest BCUT2D eigenvalue weighted by Crippen LogP contribution is -1.82. The van der Waals surface area contributed by atoms with Crippen molar-refractivity contribution in [3.05, 3.63) is 47.0 Å². The molecule has 0 aliphatic rings. The van der Waals surface area contributed by atoms with Crippen LogP contribution in [0.5, 0.6) is 0 Å². The van der Waals surface area contributed by atoms with Crippen molar-refractivity contribution in [3.8, 4) is 0 Å². The SMILES string of the molecule is CCC/C=[C]\c1ccc(C)c(C)c1. The van der Waals surface area contributed by atoms with Gasteiger partial charge >= 0.3 is 0 Å². The summed E-state index contributed by atoms with van der Waals surface area (Å²) in [4.78, 5) is 0. The van der Waals surface area contributed by atoms with E-state index in [2.05, 4.69) is 51.1 Å². The van der Waals surface area contributed by atoms with Crippen LogP contribution in [0.1, 0.15) is 36.5 Å². The van der Waals surface area contributed by atoms with Gasteiger partial charge in [0.25, 0.3) is 0 Å². The summed E-state index contributed by atoms with van der Waals surface area (Å²) in [5.74, 6) is 0. The summed E-state index contributed by atoms with van der Waals surface area (Å²) in [6, 6.07) is 6.45. The van der Waals surface area contributed by atoms with Crippen LogP contribution in [-0.2, 0) is 0 Å². The Morgan fingerprint density at radius 2 is 2.00 bits per heavy atom. The van der Waals surface area contributed by atoms with Gasteiger partial charge < -0.3 is 0 Å². The van der Waals surface area contributed by atoms with E-state index in [1.54, 1.807) is 0 Å². The monoisotopic (exact) mass is 173 g/mol. The third-order valence-corrected chi connectivity index (χ3v) is 2.21.